The summed E-state index contributed by atoms with van der Waals surface area (Å²) < 4.78 is 23.9. The minimum atomic E-state index is -3.14. The Morgan fingerprint density at radius 2 is 1.91 bits per heavy atom. The Morgan fingerprint density at radius 1 is 1.17 bits per heavy atom. The topological polar surface area (TPSA) is 50.3 Å². The molecule has 1 fully saturated rings. The van der Waals surface area contributed by atoms with Crippen molar-refractivity contribution < 1.29 is 8.42 Å². The van der Waals surface area contributed by atoms with Gasteiger partial charge in [-0.15, -0.1) is 0 Å². The van der Waals surface area contributed by atoms with Crippen molar-refractivity contribution >= 4 is 15.5 Å². The van der Waals surface area contributed by atoms with Gasteiger partial charge in [-0.25, -0.2) is 8.42 Å². The van der Waals surface area contributed by atoms with Gasteiger partial charge in [0, 0.05) is 17.9 Å². The van der Waals surface area contributed by atoms with Crippen LogP contribution in [-0.2, 0) is 9.84 Å². The van der Waals surface area contributed by atoms with Crippen LogP contribution in [0.15, 0.2) is 47.4 Å². The lowest BCUT2D eigenvalue weighted by molar-refractivity contribution is 0.597. The zero-order valence-corrected chi connectivity index (χ0v) is 14.4. The fourth-order valence-electron chi connectivity index (χ4n) is 3.14. The maximum atomic E-state index is 11.9. The lowest BCUT2D eigenvalue weighted by Gasteiger charge is -2.26. The molecule has 1 atom stereocenters. The molecule has 5 heteroatoms. The third kappa shape index (κ3) is 3.24. The molecule has 4 nitrogen and oxygen atoms in total. The van der Waals surface area contributed by atoms with Crippen molar-refractivity contribution in [2.45, 2.75) is 37.6 Å². The Kier molecular flexibility index (Phi) is 4.39. The lowest BCUT2D eigenvalue weighted by atomic mass is 10.1. The molecule has 1 aliphatic rings. The van der Waals surface area contributed by atoms with Gasteiger partial charge in [0.05, 0.1) is 22.4 Å². The summed E-state index contributed by atoms with van der Waals surface area (Å²) in [6.07, 6.45) is 2.20. The van der Waals surface area contributed by atoms with Crippen LogP contribution < -0.4 is 4.90 Å². The number of hydrogen-bond acceptors (Lipinski definition) is 4. The van der Waals surface area contributed by atoms with Gasteiger partial charge < -0.3 is 4.90 Å². The van der Waals surface area contributed by atoms with Gasteiger partial charge in [0.15, 0.2) is 9.84 Å². The largest absolute Gasteiger partial charge is 0.363 e. The number of anilines is 1. The highest BCUT2D eigenvalue weighted by Gasteiger charge is 2.27. The average Bonchev–Trinajstić information content (AvgIpc) is 3.04. The molecule has 0 unspecified atom stereocenters. The molecule has 1 aromatic heterocycles. The van der Waals surface area contributed by atoms with Crippen LogP contribution >= 0.6 is 0 Å². The van der Waals surface area contributed by atoms with Crippen molar-refractivity contribution in [3.63, 3.8) is 0 Å². The molecule has 1 aromatic carbocycles. The molecule has 1 aliphatic heterocycles. The molecule has 0 N–H and O–H groups in total. The van der Waals surface area contributed by atoms with E-state index in [0.29, 0.717) is 4.90 Å². The minimum absolute atomic E-state index is 0.131. The van der Waals surface area contributed by atoms with E-state index in [1.807, 2.05) is 31.2 Å². The van der Waals surface area contributed by atoms with Crippen molar-refractivity contribution in [2.75, 3.05) is 17.2 Å². The first-order valence-corrected chi connectivity index (χ1v) is 9.69. The molecule has 0 spiro atoms. The van der Waals surface area contributed by atoms with E-state index in [9.17, 15) is 8.42 Å². The van der Waals surface area contributed by atoms with Crippen molar-refractivity contribution in [3.05, 3.63) is 53.9 Å². The van der Waals surface area contributed by atoms with E-state index >= 15 is 0 Å². The van der Waals surface area contributed by atoms with Crippen LogP contribution in [-0.4, -0.2) is 25.7 Å². The number of aryl methyl sites for hydroxylation is 1. The number of aromatic nitrogens is 1. The number of hydrogen-bond donors (Lipinski definition) is 0. The maximum Gasteiger partial charge on any atom is 0.178 e. The summed E-state index contributed by atoms with van der Waals surface area (Å²) in [6.45, 7) is 4.65. The molecule has 0 aliphatic carbocycles. The van der Waals surface area contributed by atoms with Crippen molar-refractivity contribution in [2.24, 2.45) is 0 Å². The first-order valence-electron chi connectivity index (χ1n) is 8.04. The Labute approximate surface area is 138 Å². The van der Waals surface area contributed by atoms with Gasteiger partial charge in [0.25, 0.3) is 0 Å². The molecule has 0 bridgehead atoms. The van der Waals surface area contributed by atoms with Gasteiger partial charge in [-0.05, 0) is 56.2 Å². The van der Waals surface area contributed by atoms with Crippen molar-refractivity contribution in [3.8, 4) is 0 Å². The number of pyridine rings is 1. The summed E-state index contributed by atoms with van der Waals surface area (Å²) in [4.78, 5) is 7.38. The van der Waals surface area contributed by atoms with Gasteiger partial charge >= 0.3 is 0 Å². The molecular weight excluding hydrogens is 308 g/mol. The lowest BCUT2D eigenvalue weighted by Crippen LogP contribution is -2.23. The highest BCUT2D eigenvalue weighted by Crippen LogP contribution is 2.35. The van der Waals surface area contributed by atoms with Crippen LogP contribution in [0.2, 0.25) is 0 Å². The SMILES string of the molecule is CCS(=O)(=O)c1ccc(N2CCC[C@H]2c2cccc(C)n2)cc1. The predicted octanol–water partition coefficient (Wildman–Crippen LogP) is 3.53. The van der Waals surface area contributed by atoms with E-state index < -0.39 is 9.84 Å². The molecular formula is C18H22N2O2S. The van der Waals surface area contributed by atoms with Gasteiger partial charge in [-0.3, -0.25) is 4.98 Å². The number of rotatable bonds is 4. The van der Waals surface area contributed by atoms with Crippen molar-refractivity contribution in [1.29, 1.82) is 0 Å². The smallest absolute Gasteiger partial charge is 0.178 e. The van der Waals surface area contributed by atoms with Gasteiger partial charge in [-0.2, -0.15) is 0 Å². The molecule has 1 saturated heterocycles. The predicted molar refractivity (Wildman–Crippen MR) is 92.5 cm³/mol. The summed E-state index contributed by atoms with van der Waals surface area (Å²) >= 11 is 0. The Bertz CT molecular complexity index is 785. The van der Waals surface area contributed by atoms with Crippen LogP contribution in [0.3, 0.4) is 0 Å². The maximum absolute atomic E-state index is 11.9. The molecule has 2 aromatic rings. The number of sulfone groups is 1. The van der Waals surface area contributed by atoms with Crippen LogP contribution in [0, 0.1) is 6.92 Å². The summed E-state index contributed by atoms with van der Waals surface area (Å²) in [6, 6.07) is 13.7. The summed E-state index contributed by atoms with van der Waals surface area (Å²) in [7, 11) is -3.14. The second kappa shape index (κ2) is 6.32. The molecule has 0 amide bonds. The Balaban J connectivity index is 1.88. The van der Waals surface area contributed by atoms with E-state index in [4.69, 9.17) is 0 Å². The third-order valence-corrected chi connectivity index (χ3v) is 6.16. The zero-order chi connectivity index (χ0) is 16.4. The van der Waals surface area contributed by atoms with E-state index in [0.717, 1.165) is 36.5 Å². The van der Waals surface area contributed by atoms with Crippen LogP contribution in [0.4, 0.5) is 5.69 Å². The normalized spacial score (nSPS) is 18.3. The highest BCUT2D eigenvalue weighted by atomic mass is 32.2. The first kappa shape index (κ1) is 16.0. The second-order valence-electron chi connectivity index (χ2n) is 5.95. The third-order valence-electron chi connectivity index (χ3n) is 4.41. The van der Waals surface area contributed by atoms with E-state index in [-0.39, 0.29) is 11.8 Å². The second-order valence-corrected chi connectivity index (χ2v) is 8.23. The number of nitrogens with zero attached hydrogens (tertiary/aromatic N) is 2. The molecule has 23 heavy (non-hydrogen) atoms. The fraction of sp³-hybridized carbons (Fsp3) is 0.389. The zero-order valence-electron chi connectivity index (χ0n) is 13.6. The monoisotopic (exact) mass is 330 g/mol. The molecule has 122 valence electrons. The van der Waals surface area contributed by atoms with Crippen molar-refractivity contribution in [1.82, 2.24) is 4.98 Å². The van der Waals surface area contributed by atoms with E-state index in [2.05, 4.69) is 16.0 Å². The Morgan fingerprint density at radius 3 is 2.57 bits per heavy atom. The standard InChI is InChI=1S/C18H22N2O2S/c1-3-23(21,22)16-11-9-15(10-12-16)20-13-5-8-18(20)17-7-4-6-14(2)19-17/h4,6-7,9-12,18H,3,5,8,13H2,1-2H3/t18-/m0/s1. The fourth-order valence-corrected chi connectivity index (χ4v) is 4.03. The van der Waals surface area contributed by atoms with E-state index in [1.165, 1.54) is 0 Å². The molecule has 3 rings (SSSR count). The van der Waals surface area contributed by atoms with Crippen LogP contribution in [0.5, 0.6) is 0 Å². The van der Waals surface area contributed by atoms with E-state index in [1.54, 1.807) is 19.1 Å². The molecule has 0 radical (unpaired) electrons. The van der Waals surface area contributed by atoms with Crippen LogP contribution in [0.1, 0.15) is 37.2 Å². The summed E-state index contributed by atoms with van der Waals surface area (Å²) in [5, 5.41) is 0. The van der Waals surface area contributed by atoms with Gasteiger partial charge in [0.1, 0.15) is 0 Å². The number of benzene rings is 1. The molecule has 2 heterocycles. The highest BCUT2D eigenvalue weighted by molar-refractivity contribution is 7.91. The quantitative estimate of drug-likeness (QED) is 0.860. The summed E-state index contributed by atoms with van der Waals surface area (Å²) in [5.74, 6) is 0.131. The van der Waals surface area contributed by atoms with Gasteiger partial charge in [0.2, 0.25) is 0 Å². The molecule has 0 saturated carbocycles. The first-order chi connectivity index (χ1) is 11.0. The Hall–Kier alpha value is -1.88. The van der Waals surface area contributed by atoms with Crippen LogP contribution in [0.25, 0.3) is 0 Å². The minimum Gasteiger partial charge on any atom is -0.363 e. The van der Waals surface area contributed by atoms with Gasteiger partial charge in [-0.1, -0.05) is 13.0 Å². The summed E-state index contributed by atoms with van der Waals surface area (Å²) in [5.41, 5.74) is 3.18. The average molecular weight is 330 g/mol.